The van der Waals surface area contributed by atoms with Crippen LogP contribution >= 0.6 is 11.6 Å². The van der Waals surface area contributed by atoms with Gasteiger partial charge in [-0.2, -0.15) is 0 Å². The number of benzene rings is 1. The van der Waals surface area contributed by atoms with Crippen molar-refractivity contribution in [2.45, 2.75) is 32.6 Å². The third-order valence-corrected chi connectivity index (χ3v) is 4.23. The summed E-state index contributed by atoms with van der Waals surface area (Å²) in [5.74, 6) is 0.716. The molecule has 0 saturated heterocycles. The lowest BCUT2D eigenvalue weighted by molar-refractivity contribution is 0.0983. The van der Waals surface area contributed by atoms with Gasteiger partial charge in [-0.05, 0) is 43.9 Å². The average molecular weight is 305 g/mol. The second-order valence-electron chi connectivity index (χ2n) is 5.43. The number of rotatable bonds is 2. The molecule has 0 radical (unpaired) electrons. The summed E-state index contributed by atoms with van der Waals surface area (Å²) in [7, 11) is 1.74. The third kappa shape index (κ3) is 2.56. The Morgan fingerprint density at radius 1 is 1.33 bits per heavy atom. The van der Waals surface area contributed by atoms with E-state index in [0.717, 1.165) is 48.3 Å². The standard InChI is InChI=1S/C16H17ClN2O2/c1-10-7-8-11(17)9-13(10)19(2)16(20)15-12-5-3-4-6-14(12)21-18-15/h7-9H,3-6H2,1-2H3. The fraction of sp³-hybridized carbons (Fsp3) is 0.375. The minimum absolute atomic E-state index is 0.146. The van der Waals surface area contributed by atoms with Crippen molar-refractivity contribution in [3.05, 3.63) is 45.8 Å². The Bertz CT molecular complexity index is 694. The lowest BCUT2D eigenvalue weighted by atomic mass is 9.96. The number of aromatic nitrogens is 1. The summed E-state index contributed by atoms with van der Waals surface area (Å²) in [6, 6.07) is 5.51. The molecule has 1 aromatic heterocycles. The predicted molar refractivity (Wildman–Crippen MR) is 82.1 cm³/mol. The van der Waals surface area contributed by atoms with E-state index in [0.29, 0.717) is 10.7 Å². The second-order valence-corrected chi connectivity index (χ2v) is 5.87. The maximum absolute atomic E-state index is 12.7. The number of carbonyl (C=O) groups is 1. The molecule has 0 bridgehead atoms. The summed E-state index contributed by atoms with van der Waals surface area (Å²) in [6.45, 7) is 1.95. The van der Waals surface area contributed by atoms with Crippen molar-refractivity contribution in [2.75, 3.05) is 11.9 Å². The summed E-state index contributed by atoms with van der Waals surface area (Å²) >= 11 is 6.03. The molecule has 4 nitrogen and oxygen atoms in total. The maximum Gasteiger partial charge on any atom is 0.280 e. The van der Waals surface area contributed by atoms with E-state index >= 15 is 0 Å². The van der Waals surface area contributed by atoms with E-state index in [1.165, 1.54) is 0 Å². The highest BCUT2D eigenvalue weighted by Gasteiger charge is 2.27. The highest BCUT2D eigenvalue weighted by atomic mass is 35.5. The number of hydrogen-bond acceptors (Lipinski definition) is 3. The summed E-state index contributed by atoms with van der Waals surface area (Å²) in [5, 5.41) is 4.61. The maximum atomic E-state index is 12.7. The van der Waals surface area contributed by atoms with Gasteiger partial charge in [0.05, 0.1) is 0 Å². The predicted octanol–water partition coefficient (Wildman–Crippen LogP) is 3.79. The third-order valence-electron chi connectivity index (χ3n) is 3.99. The number of aryl methyl sites for hydroxylation is 2. The smallest absolute Gasteiger partial charge is 0.280 e. The van der Waals surface area contributed by atoms with Crippen molar-refractivity contribution < 1.29 is 9.32 Å². The quantitative estimate of drug-likeness (QED) is 0.848. The van der Waals surface area contributed by atoms with Gasteiger partial charge in [0.1, 0.15) is 5.76 Å². The van der Waals surface area contributed by atoms with Gasteiger partial charge in [-0.25, -0.2) is 0 Å². The van der Waals surface area contributed by atoms with Crippen LogP contribution in [0.5, 0.6) is 0 Å². The molecular weight excluding hydrogens is 288 g/mol. The Hall–Kier alpha value is -1.81. The molecule has 1 aliphatic carbocycles. The largest absolute Gasteiger partial charge is 0.360 e. The van der Waals surface area contributed by atoms with E-state index in [9.17, 15) is 4.79 Å². The number of hydrogen-bond donors (Lipinski definition) is 0. The summed E-state index contributed by atoms with van der Waals surface area (Å²) in [4.78, 5) is 14.3. The Balaban J connectivity index is 1.94. The molecular formula is C16H17ClN2O2. The molecule has 1 aliphatic rings. The Morgan fingerprint density at radius 3 is 2.90 bits per heavy atom. The van der Waals surface area contributed by atoms with Gasteiger partial charge in [0.2, 0.25) is 0 Å². The van der Waals surface area contributed by atoms with Crippen LogP contribution in [-0.4, -0.2) is 18.1 Å². The molecule has 3 rings (SSSR count). The van der Waals surface area contributed by atoms with E-state index in [4.69, 9.17) is 16.1 Å². The Kier molecular flexibility index (Phi) is 3.72. The fourth-order valence-corrected chi connectivity index (χ4v) is 2.93. The molecule has 0 fully saturated rings. The molecule has 1 amide bonds. The highest BCUT2D eigenvalue weighted by molar-refractivity contribution is 6.31. The topological polar surface area (TPSA) is 46.3 Å². The van der Waals surface area contributed by atoms with Crippen LogP contribution < -0.4 is 4.90 Å². The van der Waals surface area contributed by atoms with Crippen LogP contribution in [0.3, 0.4) is 0 Å². The van der Waals surface area contributed by atoms with Crippen LogP contribution in [0.4, 0.5) is 5.69 Å². The van der Waals surface area contributed by atoms with E-state index in [1.54, 1.807) is 18.0 Å². The van der Waals surface area contributed by atoms with E-state index in [-0.39, 0.29) is 5.91 Å². The first-order valence-corrected chi connectivity index (χ1v) is 7.47. The van der Waals surface area contributed by atoms with Gasteiger partial charge in [-0.1, -0.05) is 22.8 Å². The van der Waals surface area contributed by atoms with Crippen LogP contribution in [-0.2, 0) is 12.8 Å². The molecule has 0 spiro atoms. The molecule has 0 aliphatic heterocycles. The van der Waals surface area contributed by atoms with Crippen LogP contribution in [0.15, 0.2) is 22.7 Å². The number of halogens is 1. The Morgan fingerprint density at radius 2 is 2.10 bits per heavy atom. The molecule has 1 aromatic carbocycles. The zero-order valence-corrected chi connectivity index (χ0v) is 12.9. The molecule has 110 valence electrons. The van der Waals surface area contributed by atoms with Gasteiger partial charge in [-0.15, -0.1) is 0 Å². The highest BCUT2D eigenvalue weighted by Crippen LogP contribution is 2.28. The molecule has 0 unspecified atom stereocenters. The summed E-state index contributed by atoms with van der Waals surface area (Å²) in [5.41, 5.74) is 3.19. The van der Waals surface area contributed by atoms with E-state index < -0.39 is 0 Å². The van der Waals surface area contributed by atoms with Gasteiger partial charge in [-0.3, -0.25) is 4.79 Å². The first kappa shape index (κ1) is 14.1. The van der Waals surface area contributed by atoms with Crippen LogP contribution in [0.2, 0.25) is 5.02 Å². The first-order valence-electron chi connectivity index (χ1n) is 7.09. The van der Waals surface area contributed by atoms with Crippen LogP contribution in [0.25, 0.3) is 0 Å². The second kappa shape index (κ2) is 5.53. The van der Waals surface area contributed by atoms with E-state index in [2.05, 4.69) is 5.16 Å². The van der Waals surface area contributed by atoms with Gasteiger partial charge in [0, 0.05) is 29.7 Å². The van der Waals surface area contributed by atoms with Crippen molar-refractivity contribution >= 4 is 23.2 Å². The number of amides is 1. The fourth-order valence-electron chi connectivity index (χ4n) is 2.76. The van der Waals surface area contributed by atoms with E-state index in [1.807, 2.05) is 19.1 Å². The summed E-state index contributed by atoms with van der Waals surface area (Å²) < 4.78 is 5.32. The van der Waals surface area contributed by atoms with Gasteiger partial charge >= 0.3 is 0 Å². The normalized spacial score (nSPS) is 13.9. The van der Waals surface area contributed by atoms with Crippen molar-refractivity contribution in [3.63, 3.8) is 0 Å². The number of nitrogens with zero attached hydrogens (tertiary/aromatic N) is 2. The molecule has 5 heteroatoms. The Labute approximate surface area is 128 Å². The van der Waals surface area contributed by atoms with Crippen molar-refractivity contribution in [1.29, 1.82) is 0 Å². The lowest BCUT2D eigenvalue weighted by Gasteiger charge is -2.19. The zero-order chi connectivity index (χ0) is 15.0. The molecule has 1 heterocycles. The van der Waals surface area contributed by atoms with Crippen molar-refractivity contribution in [2.24, 2.45) is 0 Å². The van der Waals surface area contributed by atoms with Crippen LogP contribution in [0.1, 0.15) is 40.2 Å². The SMILES string of the molecule is Cc1ccc(Cl)cc1N(C)C(=O)c1noc2c1CCCC2. The monoisotopic (exact) mass is 304 g/mol. The zero-order valence-electron chi connectivity index (χ0n) is 12.1. The van der Waals surface area contributed by atoms with Crippen molar-refractivity contribution in [1.82, 2.24) is 5.16 Å². The molecule has 0 saturated carbocycles. The lowest BCUT2D eigenvalue weighted by Crippen LogP contribution is -2.28. The number of anilines is 1. The molecule has 21 heavy (non-hydrogen) atoms. The van der Waals surface area contributed by atoms with Gasteiger partial charge in [0.25, 0.3) is 5.91 Å². The molecule has 0 atom stereocenters. The number of fused-ring (bicyclic) bond motifs is 1. The van der Waals surface area contributed by atoms with Gasteiger partial charge < -0.3 is 9.42 Å². The molecule has 0 N–H and O–H groups in total. The minimum Gasteiger partial charge on any atom is -0.360 e. The first-order chi connectivity index (χ1) is 10.1. The molecule has 2 aromatic rings. The summed E-state index contributed by atoms with van der Waals surface area (Å²) in [6.07, 6.45) is 3.91. The minimum atomic E-state index is -0.146. The van der Waals surface area contributed by atoms with Crippen molar-refractivity contribution in [3.8, 4) is 0 Å². The van der Waals surface area contributed by atoms with Gasteiger partial charge in [0.15, 0.2) is 5.69 Å². The van der Waals surface area contributed by atoms with Crippen LogP contribution in [0, 0.1) is 6.92 Å². The average Bonchev–Trinajstić information content (AvgIpc) is 2.92. The number of carbonyl (C=O) groups excluding carboxylic acids is 1.